The van der Waals surface area contributed by atoms with Crippen LogP contribution in [0.25, 0.3) is 0 Å². The molecule has 0 saturated heterocycles. The molecule has 8 heteroatoms. The number of ether oxygens (including phenoxy) is 2. The molecule has 0 bridgehead atoms. The lowest BCUT2D eigenvalue weighted by Gasteiger charge is -2.31. The number of sulfonamides is 1. The fourth-order valence-electron chi connectivity index (χ4n) is 3.70. The molecule has 7 nitrogen and oxygen atoms in total. The summed E-state index contributed by atoms with van der Waals surface area (Å²) in [5.41, 5.74) is 1.44. The minimum atomic E-state index is -3.94. The van der Waals surface area contributed by atoms with Crippen molar-refractivity contribution in [2.45, 2.75) is 18.4 Å². The lowest BCUT2D eigenvalue weighted by Crippen LogP contribution is -2.45. The SMILES string of the molecule is CCOc1ccc(S(=O)(=O)N(CC(=O)N2CCOc3ccccc32)Cc2ccccc2)cc1. The van der Waals surface area contributed by atoms with E-state index in [0.717, 1.165) is 5.56 Å². The number of carbonyl (C=O) groups is 1. The van der Waals surface area contributed by atoms with Crippen LogP contribution in [0.4, 0.5) is 5.69 Å². The molecule has 0 atom stereocenters. The maximum atomic E-state index is 13.6. The Hall–Kier alpha value is -3.36. The van der Waals surface area contributed by atoms with E-state index in [-0.39, 0.29) is 23.9 Å². The number of hydrogen-bond donors (Lipinski definition) is 0. The van der Waals surface area contributed by atoms with Crippen LogP contribution in [0.5, 0.6) is 11.5 Å². The average Bonchev–Trinajstić information content (AvgIpc) is 2.84. The van der Waals surface area contributed by atoms with Gasteiger partial charge in [-0.15, -0.1) is 0 Å². The minimum absolute atomic E-state index is 0.0775. The summed E-state index contributed by atoms with van der Waals surface area (Å²) >= 11 is 0. The molecule has 0 aromatic heterocycles. The van der Waals surface area contributed by atoms with Crippen LogP contribution in [-0.4, -0.2) is 44.9 Å². The van der Waals surface area contributed by atoms with E-state index in [4.69, 9.17) is 9.47 Å². The summed E-state index contributed by atoms with van der Waals surface area (Å²) in [5, 5.41) is 0. The Morgan fingerprint density at radius 1 is 1.00 bits per heavy atom. The first-order valence-electron chi connectivity index (χ1n) is 10.8. The van der Waals surface area contributed by atoms with Crippen molar-refractivity contribution in [3.63, 3.8) is 0 Å². The van der Waals surface area contributed by atoms with Crippen LogP contribution in [0.3, 0.4) is 0 Å². The summed E-state index contributed by atoms with van der Waals surface area (Å²) in [4.78, 5) is 15.0. The molecular formula is C25H26N2O5S. The lowest BCUT2D eigenvalue weighted by atomic mass is 10.2. The second kappa shape index (κ2) is 10.1. The molecule has 3 aromatic rings. The van der Waals surface area contributed by atoms with Crippen molar-refractivity contribution in [2.24, 2.45) is 0 Å². The van der Waals surface area contributed by atoms with E-state index in [0.29, 0.717) is 36.9 Å². The molecule has 172 valence electrons. The van der Waals surface area contributed by atoms with Gasteiger partial charge in [0.2, 0.25) is 15.9 Å². The highest BCUT2D eigenvalue weighted by atomic mass is 32.2. The van der Waals surface area contributed by atoms with Gasteiger partial charge in [-0.05, 0) is 48.9 Å². The highest BCUT2D eigenvalue weighted by Gasteiger charge is 2.31. The maximum Gasteiger partial charge on any atom is 0.243 e. The molecule has 3 aromatic carbocycles. The van der Waals surface area contributed by atoms with Crippen LogP contribution >= 0.6 is 0 Å². The number of fused-ring (bicyclic) bond motifs is 1. The highest BCUT2D eigenvalue weighted by molar-refractivity contribution is 7.89. The summed E-state index contributed by atoms with van der Waals surface area (Å²) in [7, 11) is -3.94. The van der Waals surface area contributed by atoms with Crippen molar-refractivity contribution in [2.75, 3.05) is 31.2 Å². The average molecular weight is 467 g/mol. The Morgan fingerprint density at radius 2 is 1.70 bits per heavy atom. The predicted molar refractivity (Wildman–Crippen MR) is 126 cm³/mol. The third-order valence-electron chi connectivity index (χ3n) is 5.32. The third-order valence-corrected chi connectivity index (χ3v) is 7.12. The first kappa shape index (κ1) is 22.8. The van der Waals surface area contributed by atoms with Crippen molar-refractivity contribution >= 4 is 21.6 Å². The molecule has 0 fully saturated rings. The van der Waals surface area contributed by atoms with Crippen LogP contribution in [0.1, 0.15) is 12.5 Å². The fourth-order valence-corrected chi connectivity index (χ4v) is 5.08. The van der Waals surface area contributed by atoms with Crippen LogP contribution in [0.15, 0.2) is 83.8 Å². The predicted octanol–water partition coefficient (Wildman–Crippen LogP) is 3.70. The highest BCUT2D eigenvalue weighted by Crippen LogP contribution is 2.31. The Morgan fingerprint density at radius 3 is 2.42 bits per heavy atom. The molecule has 0 aliphatic carbocycles. The molecule has 1 heterocycles. The van der Waals surface area contributed by atoms with Gasteiger partial charge < -0.3 is 14.4 Å². The zero-order chi connectivity index (χ0) is 23.3. The van der Waals surface area contributed by atoms with Gasteiger partial charge in [0.05, 0.1) is 30.3 Å². The number of nitrogens with zero attached hydrogens (tertiary/aromatic N) is 2. The van der Waals surface area contributed by atoms with Gasteiger partial charge in [-0.1, -0.05) is 42.5 Å². The van der Waals surface area contributed by atoms with E-state index in [2.05, 4.69) is 0 Å². The molecule has 0 N–H and O–H groups in total. The molecule has 4 rings (SSSR count). The number of benzene rings is 3. The molecule has 0 saturated carbocycles. The van der Waals surface area contributed by atoms with Crippen LogP contribution in [0, 0.1) is 0 Å². The summed E-state index contributed by atoms with van der Waals surface area (Å²) in [5.74, 6) is 0.893. The molecule has 1 amide bonds. The Kier molecular flexibility index (Phi) is 6.96. The van der Waals surface area contributed by atoms with E-state index in [1.54, 1.807) is 29.2 Å². The number of carbonyl (C=O) groups excluding carboxylic acids is 1. The summed E-state index contributed by atoms with van der Waals surface area (Å²) in [6.07, 6.45) is 0. The summed E-state index contributed by atoms with van der Waals surface area (Å²) in [6.45, 7) is 2.85. The standard InChI is InChI=1S/C25H26N2O5S/c1-2-31-21-12-14-22(15-13-21)33(29,30)26(18-20-8-4-3-5-9-20)19-25(28)27-16-17-32-24-11-7-6-10-23(24)27/h3-15H,2,16-19H2,1H3. The van der Waals surface area contributed by atoms with Crippen molar-refractivity contribution in [3.05, 3.63) is 84.4 Å². The van der Waals surface area contributed by atoms with Gasteiger partial charge in [0.25, 0.3) is 0 Å². The molecule has 0 unspecified atom stereocenters. The molecular weight excluding hydrogens is 440 g/mol. The summed E-state index contributed by atoms with van der Waals surface area (Å²) < 4.78 is 39.4. The molecule has 33 heavy (non-hydrogen) atoms. The fraction of sp³-hybridized carbons (Fsp3) is 0.240. The zero-order valence-corrected chi connectivity index (χ0v) is 19.2. The van der Waals surface area contributed by atoms with Gasteiger partial charge in [0.15, 0.2) is 0 Å². The van der Waals surface area contributed by atoms with E-state index in [9.17, 15) is 13.2 Å². The van der Waals surface area contributed by atoms with Gasteiger partial charge in [0, 0.05) is 6.54 Å². The van der Waals surface area contributed by atoms with Gasteiger partial charge in [-0.3, -0.25) is 4.79 Å². The Bertz CT molecular complexity index is 1200. The molecule has 0 radical (unpaired) electrons. The van der Waals surface area contributed by atoms with Crippen molar-refractivity contribution in [3.8, 4) is 11.5 Å². The number of hydrogen-bond acceptors (Lipinski definition) is 5. The number of anilines is 1. The van der Waals surface area contributed by atoms with Crippen LogP contribution in [-0.2, 0) is 21.4 Å². The third kappa shape index (κ3) is 5.18. The van der Waals surface area contributed by atoms with Crippen molar-refractivity contribution < 1.29 is 22.7 Å². The largest absolute Gasteiger partial charge is 0.494 e. The molecule has 1 aliphatic heterocycles. The first-order valence-corrected chi connectivity index (χ1v) is 12.2. The topological polar surface area (TPSA) is 76.2 Å². The van der Waals surface area contributed by atoms with E-state index in [1.807, 2.05) is 49.4 Å². The second-order valence-electron chi connectivity index (χ2n) is 7.52. The van der Waals surface area contributed by atoms with Gasteiger partial charge in [-0.25, -0.2) is 8.42 Å². The summed E-state index contributed by atoms with van der Waals surface area (Å²) in [6, 6.07) is 22.8. The quantitative estimate of drug-likeness (QED) is 0.506. The normalized spacial score (nSPS) is 13.3. The first-order chi connectivity index (χ1) is 16.0. The van der Waals surface area contributed by atoms with Crippen molar-refractivity contribution in [1.82, 2.24) is 4.31 Å². The van der Waals surface area contributed by atoms with Gasteiger partial charge in [-0.2, -0.15) is 4.31 Å². The minimum Gasteiger partial charge on any atom is -0.494 e. The Balaban J connectivity index is 1.63. The molecule has 1 aliphatic rings. The Labute approximate surface area is 194 Å². The van der Waals surface area contributed by atoms with Crippen LogP contribution < -0.4 is 14.4 Å². The molecule has 0 spiro atoms. The number of para-hydroxylation sites is 2. The van der Waals surface area contributed by atoms with Gasteiger partial charge >= 0.3 is 0 Å². The number of rotatable bonds is 8. The monoisotopic (exact) mass is 466 g/mol. The zero-order valence-electron chi connectivity index (χ0n) is 18.4. The van der Waals surface area contributed by atoms with Crippen molar-refractivity contribution in [1.29, 1.82) is 0 Å². The second-order valence-corrected chi connectivity index (χ2v) is 9.46. The van der Waals surface area contributed by atoms with Crippen LogP contribution in [0.2, 0.25) is 0 Å². The maximum absolute atomic E-state index is 13.6. The van der Waals surface area contributed by atoms with Gasteiger partial charge in [0.1, 0.15) is 18.1 Å². The van der Waals surface area contributed by atoms with E-state index >= 15 is 0 Å². The van der Waals surface area contributed by atoms with E-state index < -0.39 is 10.0 Å². The number of amides is 1. The lowest BCUT2D eigenvalue weighted by molar-refractivity contribution is -0.119. The van der Waals surface area contributed by atoms with E-state index in [1.165, 1.54) is 16.4 Å². The smallest absolute Gasteiger partial charge is 0.243 e.